The summed E-state index contributed by atoms with van der Waals surface area (Å²) in [5.74, 6) is 0.204. The Morgan fingerprint density at radius 1 is 0.939 bits per heavy atom. The highest BCUT2D eigenvalue weighted by Gasteiger charge is 2.40. The number of rotatable bonds is 6. The molecule has 0 radical (unpaired) electrons. The lowest BCUT2D eigenvalue weighted by atomic mass is 9.87. The number of aryl methyl sites for hydroxylation is 2. The first-order valence-electron chi connectivity index (χ1n) is 10.8. The quantitative estimate of drug-likeness (QED) is 0.469. The van der Waals surface area contributed by atoms with Gasteiger partial charge in [0.25, 0.3) is 10.0 Å². The molecule has 33 heavy (non-hydrogen) atoms. The van der Waals surface area contributed by atoms with Gasteiger partial charge in [0.2, 0.25) is 0 Å². The van der Waals surface area contributed by atoms with Crippen LogP contribution in [0, 0.1) is 13.8 Å². The van der Waals surface area contributed by atoms with Gasteiger partial charge in [0.05, 0.1) is 36.8 Å². The van der Waals surface area contributed by atoms with Gasteiger partial charge in [-0.1, -0.05) is 35.4 Å². The van der Waals surface area contributed by atoms with Crippen LogP contribution in [0.2, 0.25) is 0 Å². The van der Waals surface area contributed by atoms with Crippen molar-refractivity contribution in [2.24, 2.45) is 0 Å². The molecular formula is C26H27NO5S. The van der Waals surface area contributed by atoms with Gasteiger partial charge in [-0.2, -0.15) is 0 Å². The van der Waals surface area contributed by atoms with Crippen LogP contribution in [0.25, 0.3) is 11.1 Å². The number of fused-ring (bicyclic) bond motifs is 3. The van der Waals surface area contributed by atoms with Gasteiger partial charge in [0, 0.05) is 5.56 Å². The largest absolute Gasteiger partial charge is 0.497 e. The van der Waals surface area contributed by atoms with Crippen LogP contribution < -0.4 is 9.04 Å². The molecule has 1 aliphatic heterocycles. The molecule has 1 unspecified atom stereocenters. The number of methoxy groups -OCH3 is 1. The van der Waals surface area contributed by atoms with E-state index >= 15 is 0 Å². The third-order valence-electron chi connectivity index (χ3n) is 5.83. The smallest absolute Gasteiger partial charge is 0.308 e. The fourth-order valence-corrected chi connectivity index (χ4v) is 5.88. The van der Waals surface area contributed by atoms with Gasteiger partial charge in [-0.05, 0) is 68.3 Å². The lowest BCUT2D eigenvalue weighted by Gasteiger charge is -2.39. The second kappa shape index (κ2) is 8.90. The molecule has 7 heteroatoms. The van der Waals surface area contributed by atoms with Gasteiger partial charge in [-0.15, -0.1) is 0 Å². The average molecular weight is 466 g/mol. The second-order valence-corrected chi connectivity index (χ2v) is 9.93. The molecule has 0 saturated heterocycles. The van der Waals surface area contributed by atoms with Crippen molar-refractivity contribution in [1.82, 2.24) is 0 Å². The highest BCUT2D eigenvalue weighted by atomic mass is 32.2. The minimum absolute atomic E-state index is 0.106. The van der Waals surface area contributed by atoms with Gasteiger partial charge in [-0.3, -0.25) is 9.10 Å². The number of esters is 1. The maximum atomic E-state index is 14.0. The number of anilines is 1. The van der Waals surface area contributed by atoms with Gasteiger partial charge in [0.15, 0.2) is 0 Å². The van der Waals surface area contributed by atoms with Crippen molar-refractivity contribution in [3.05, 3.63) is 77.4 Å². The van der Waals surface area contributed by atoms with Crippen molar-refractivity contribution in [2.75, 3.05) is 18.0 Å². The molecule has 1 heterocycles. The van der Waals surface area contributed by atoms with E-state index in [1.54, 1.807) is 50.4 Å². The van der Waals surface area contributed by atoms with E-state index in [-0.39, 0.29) is 17.9 Å². The standard InChI is InChI=1S/C26H27NO5S/c1-5-32-26(28)16-25-21-12-9-19(31-4)15-22(21)23-14-18(3)8-13-24(23)27(25)33(29,30)20-10-6-17(2)7-11-20/h6-15,25H,5,16H2,1-4H3. The van der Waals surface area contributed by atoms with Crippen LogP contribution in [0.5, 0.6) is 5.75 Å². The number of nitrogens with zero attached hydrogens (tertiary/aromatic N) is 1. The molecular weight excluding hydrogens is 438 g/mol. The summed E-state index contributed by atoms with van der Waals surface area (Å²) < 4.78 is 40.0. The second-order valence-electron chi connectivity index (χ2n) is 8.11. The van der Waals surface area contributed by atoms with Gasteiger partial charge < -0.3 is 9.47 Å². The molecule has 0 aliphatic carbocycles. The summed E-state index contributed by atoms with van der Waals surface area (Å²) >= 11 is 0. The molecule has 1 aliphatic rings. The molecule has 0 saturated carbocycles. The number of carbonyl (C=O) groups excluding carboxylic acids is 1. The van der Waals surface area contributed by atoms with E-state index in [1.807, 2.05) is 38.1 Å². The van der Waals surface area contributed by atoms with Crippen molar-refractivity contribution >= 4 is 21.7 Å². The molecule has 6 nitrogen and oxygen atoms in total. The Hall–Kier alpha value is -3.32. The van der Waals surface area contributed by atoms with E-state index in [9.17, 15) is 13.2 Å². The van der Waals surface area contributed by atoms with E-state index in [2.05, 4.69) is 0 Å². The third-order valence-corrected chi connectivity index (χ3v) is 7.66. The van der Waals surface area contributed by atoms with Gasteiger partial charge >= 0.3 is 5.97 Å². The van der Waals surface area contributed by atoms with Crippen molar-refractivity contribution in [3.63, 3.8) is 0 Å². The van der Waals surface area contributed by atoms with Crippen molar-refractivity contribution in [3.8, 4) is 16.9 Å². The first-order valence-corrected chi connectivity index (χ1v) is 12.3. The maximum Gasteiger partial charge on any atom is 0.308 e. The zero-order valence-corrected chi connectivity index (χ0v) is 20.0. The monoisotopic (exact) mass is 465 g/mol. The van der Waals surface area contributed by atoms with Crippen molar-refractivity contribution in [1.29, 1.82) is 0 Å². The highest BCUT2D eigenvalue weighted by Crippen LogP contribution is 2.49. The summed E-state index contributed by atoms with van der Waals surface area (Å²) in [5.41, 5.74) is 4.84. The van der Waals surface area contributed by atoms with E-state index in [4.69, 9.17) is 9.47 Å². The van der Waals surface area contributed by atoms with Gasteiger partial charge in [0.1, 0.15) is 5.75 Å². The fraction of sp³-hybridized carbons (Fsp3) is 0.269. The van der Waals surface area contributed by atoms with Crippen molar-refractivity contribution < 1.29 is 22.7 Å². The fourth-order valence-electron chi connectivity index (χ4n) is 4.23. The Labute approximate surface area is 194 Å². The molecule has 0 N–H and O–H groups in total. The SMILES string of the molecule is CCOC(=O)CC1c2ccc(OC)cc2-c2cc(C)ccc2N1S(=O)(=O)c1ccc(C)cc1. The number of carbonyl (C=O) groups is 1. The lowest BCUT2D eigenvalue weighted by molar-refractivity contribution is -0.143. The Morgan fingerprint density at radius 3 is 2.30 bits per heavy atom. The number of hydrogen-bond acceptors (Lipinski definition) is 5. The zero-order valence-electron chi connectivity index (χ0n) is 19.2. The molecule has 4 rings (SSSR count). The summed E-state index contributed by atoms with van der Waals surface area (Å²) in [6.07, 6.45) is -0.106. The molecule has 172 valence electrons. The van der Waals surface area contributed by atoms with E-state index < -0.39 is 22.0 Å². The predicted octanol–water partition coefficient (Wildman–Crippen LogP) is 5.18. The Kier molecular flexibility index (Phi) is 6.17. The molecule has 0 aromatic heterocycles. The van der Waals surface area contributed by atoms with Crippen LogP contribution in [0.1, 0.15) is 36.1 Å². The zero-order chi connectivity index (χ0) is 23.8. The van der Waals surface area contributed by atoms with Crippen LogP contribution in [0.4, 0.5) is 5.69 Å². The number of ether oxygens (including phenoxy) is 2. The maximum absolute atomic E-state index is 14.0. The minimum Gasteiger partial charge on any atom is -0.497 e. The summed E-state index contributed by atoms with van der Waals surface area (Å²) in [6.45, 7) is 5.82. The van der Waals surface area contributed by atoms with Crippen LogP contribution in [-0.2, 0) is 19.6 Å². The topological polar surface area (TPSA) is 72.9 Å². The van der Waals surface area contributed by atoms with E-state index in [0.717, 1.165) is 27.8 Å². The van der Waals surface area contributed by atoms with Crippen LogP contribution in [0.3, 0.4) is 0 Å². The lowest BCUT2D eigenvalue weighted by Crippen LogP contribution is -2.39. The summed E-state index contributed by atoms with van der Waals surface area (Å²) in [4.78, 5) is 12.8. The summed E-state index contributed by atoms with van der Waals surface area (Å²) in [6, 6.07) is 17.1. The summed E-state index contributed by atoms with van der Waals surface area (Å²) in [7, 11) is -2.39. The first-order chi connectivity index (χ1) is 15.8. The molecule has 0 fully saturated rings. The molecule has 3 aromatic rings. The van der Waals surface area contributed by atoms with E-state index in [0.29, 0.717) is 11.4 Å². The van der Waals surface area contributed by atoms with Crippen molar-refractivity contribution in [2.45, 2.75) is 38.1 Å². The number of sulfonamides is 1. The van der Waals surface area contributed by atoms with Gasteiger partial charge in [-0.25, -0.2) is 8.42 Å². The van der Waals surface area contributed by atoms with Crippen LogP contribution in [-0.4, -0.2) is 28.1 Å². The highest BCUT2D eigenvalue weighted by molar-refractivity contribution is 7.92. The molecule has 3 aromatic carbocycles. The molecule has 0 spiro atoms. The first kappa shape index (κ1) is 22.9. The van der Waals surface area contributed by atoms with E-state index in [1.165, 1.54) is 4.31 Å². The molecule has 0 amide bonds. The Balaban J connectivity index is 1.98. The average Bonchev–Trinajstić information content (AvgIpc) is 2.79. The molecule has 0 bridgehead atoms. The Morgan fingerprint density at radius 2 is 1.64 bits per heavy atom. The minimum atomic E-state index is -3.98. The normalized spacial score (nSPS) is 14.9. The van der Waals surface area contributed by atoms with Crippen LogP contribution in [0.15, 0.2) is 65.6 Å². The number of hydrogen-bond donors (Lipinski definition) is 0. The Bertz CT molecular complexity index is 1300. The summed E-state index contributed by atoms with van der Waals surface area (Å²) in [5, 5.41) is 0. The third kappa shape index (κ3) is 4.20. The predicted molar refractivity (Wildman–Crippen MR) is 128 cm³/mol. The molecule has 1 atom stereocenters. The number of benzene rings is 3. The van der Waals surface area contributed by atoms with Crippen LogP contribution >= 0.6 is 0 Å².